The Labute approximate surface area is 227 Å². The topological polar surface area (TPSA) is 95.4 Å². The van der Waals surface area contributed by atoms with Crippen molar-refractivity contribution >= 4 is 16.6 Å². The number of rotatable bonds is 3. The third kappa shape index (κ3) is 3.43. The number of hydrogen-bond acceptors (Lipinski definition) is 7. The average molecular weight is 522 g/mol. The van der Waals surface area contributed by atoms with Crippen LogP contribution in [-0.2, 0) is 0 Å². The van der Waals surface area contributed by atoms with E-state index in [0.29, 0.717) is 50.9 Å². The summed E-state index contributed by atoms with van der Waals surface area (Å²) in [6.07, 6.45) is 3.28. The first-order chi connectivity index (χ1) is 19.7. The van der Waals surface area contributed by atoms with Gasteiger partial charge in [-0.2, -0.15) is 0 Å². The molecular weight excluding hydrogens is 502 g/mol. The summed E-state index contributed by atoms with van der Waals surface area (Å²) in [7, 11) is 0. The number of ether oxygens (including phenoxy) is 1. The molecule has 190 valence electrons. The summed E-state index contributed by atoms with van der Waals surface area (Å²) in [6, 6.07) is 31.2. The Kier molecular flexibility index (Phi) is 4.87. The monoisotopic (exact) mass is 521 g/mol. The Hall–Kier alpha value is -5.63. The highest BCUT2D eigenvalue weighted by Gasteiger charge is 2.38. The van der Waals surface area contributed by atoms with E-state index < -0.39 is 11.5 Å². The second kappa shape index (κ2) is 8.71. The lowest BCUT2D eigenvalue weighted by Gasteiger charge is -2.26. The van der Waals surface area contributed by atoms with E-state index in [2.05, 4.69) is 34.2 Å². The van der Waals surface area contributed by atoms with Crippen LogP contribution < -0.4 is 10.4 Å². The van der Waals surface area contributed by atoms with Gasteiger partial charge in [0.2, 0.25) is 5.88 Å². The molecule has 40 heavy (non-hydrogen) atoms. The fourth-order valence-corrected chi connectivity index (χ4v) is 5.34. The fraction of sp³-hybridized carbons (Fsp3) is 0.0312. The molecule has 0 N–H and O–H groups in total. The summed E-state index contributed by atoms with van der Waals surface area (Å²) in [5.41, 5.74) is 5.19. The average Bonchev–Trinajstić information content (AvgIpc) is 3.46. The number of fused-ring (bicyclic) bond motifs is 6. The smallest absolute Gasteiger partial charge is 0.344 e. The van der Waals surface area contributed by atoms with Crippen molar-refractivity contribution in [1.82, 2.24) is 24.6 Å². The minimum Gasteiger partial charge on any atom is -0.437 e. The third-order valence-electron chi connectivity index (χ3n) is 7.20. The summed E-state index contributed by atoms with van der Waals surface area (Å²) in [4.78, 5) is 27.6. The van der Waals surface area contributed by atoms with Gasteiger partial charge in [-0.25, -0.2) is 19.3 Å². The van der Waals surface area contributed by atoms with Crippen molar-refractivity contribution in [2.75, 3.05) is 0 Å². The van der Waals surface area contributed by atoms with Crippen LogP contribution in [0.25, 0.3) is 39.1 Å². The first-order valence-electron chi connectivity index (χ1n) is 12.8. The van der Waals surface area contributed by atoms with Gasteiger partial charge in [-0.15, -0.1) is 5.10 Å². The highest BCUT2D eigenvalue weighted by molar-refractivity contribution is 5.86. The third-order valence-corrected chi connectivity index (χ3v) is 7.20. The molecule has 0 aliphatic carbocycles. The van der Waals surface area contributed by atoms with Gasteiger partial charge in [-0.1, -0.05) is 72.8 Å². The van der Waals surface area contributed by atoms with Gasteiger partial charge in [-0.05, 0) is 35.4 Å². The lowest BCUT2D eigenvalue weighted by Crippen LogP contribution is -2.23. The summed E-state index contributed by atoms with van der Waals surface area (Å²) in [6.45, 7) is 0. The first kappa shape index (κ1) is 22.4. The lowest BCUT2D eigenvalue weighted by molar-refractivity contribution is 0.421. The summed E-state index contributed by atoms with van der Waals surface area (Å²) < 4.78 is 13.7. The van der Waals surface area contributed by atoms with Crippen LogP contribution >= 0.6 is 0 Å². The van der Waals surface area contributed by atoms with Crippen LogP contribution in [0.3, 0.4) is 0 Å². The normalized spacial score (nSPS) is 14.1. The maximum Gasteiger partial charge on any atom is 0.344 e. The maximum atomic E-state index is 13.4. The Morgan fingerprint density at radius 3 is 2.30 bits per heavy atom. The van der Waals surface area contributed by atoms with Crippen molar-refractivity contribution in [3.8, 4) is 34.1 Å². The molecule has 0 saturated carbocycles. The van der Waals surface area contributed by atoms with Crippen molar-refractivity contribution < 1.29 is 9.15 Å². The molecule has 8 heteroatoms. The largest absolute Gasteiger partial charge is 0.437 e. The zero-order chi connectivity index (χ0) is 26.6. The first-order valence-corrected chi connectivity index (χ1v) is 12.8. The molecule has 4 aromatic heterocycles. The molecule has 5 heterocycles. The number of benzene rings is 3. The van der Waals surface area contributed by atoms with Crippen LogP contribution in [0, 0.1) is 0 Å². The van der Waals surface area contributed by atoms with Gasteiger partial charge in [0.25, 0.3) is 0 Å². The number of aromatic nitrogens is 5. The molecule has 0 radical (unpaired) electrons. The molecule has 1 aliphatic rings. The minimum atomic E-state index is -0.616. The molecule has 8 rings (SSSR count). The van der Waals surface area contributed by atoms with Gasteiger partial charge in [-0.3, -0.25) is 4.98 Å². The number of pyridine rings is 1. The SMILES string of the molecule is O=c1oc2ccccc2c2c1C(c1ccccn1)c1c(ncn3nc(-c4ccc(-c5ccccc5)cc4)nc13)O2. The molecule has 0 spiro atoms. The van der Waals surface area contributed by atoms with Crippen molar-refractivity contribution in [2.24, 2.45) is 0 Å². The summed E-state index contributed by atoms with van der Waals surface area (Å²) in [5.74, 6) is 0.688. The van der Waals surface area contributed by atoms with Crippen LogP contribution in [0.4, 0.5) is 0 Å². The van der Waals surface area contributed by atoms with E-state index in [-0.39, 0.29) is 0 Å². The molecule has 3 aromatic carbocycles. The van der Waals surface area contributed by atoms with Gasteiger partial charge in [0.1, 0.15) is 11.9 Å². The molecule has 1 aliphatic heterocycles. The molecule has 8 nitrogen and oxygen atoms in total. The zero-order valence-corrected chi connectivity index (χ0v) is 20.9. The molecule has 0 saturated heterocycles. The highest BCUT2D eigenvalue weighted by Crippen LogP contribution is 2.48. The molecule has 7 aromatic rings. The standard InChI is InChI=1S/C32H19N5O3/c38-32-26-25(23-11-6-7-17-33-23)27-30-35-29(21-15-13-20(14-16-21)19-8-2-1-3-9-19)36-37(30)18-34-31(27)40-28(26)22-10-4-5-12-24(22)39-32/h1-18,25H. The van der Waals surface area contributed by atoms with Crippen LogP contribution in [0.1, 0.15) is 22.7 Å². The van der Waals surface area contributed by atoms with Crippen LogP contribution in [-0.4, -0.2) is 24.6 Å². The van der Waals surface area contributed by atoms with Crippen molar-refractivity contribution in [3.05, 3.63) is 137 Å². The van der Waals surface area contributed by atoms with E-state index in [9.17, 15) is 4.79 Å². The highest BCUT2D eigenvalue weighted by atomic mass is 16.5. The maximum absolute atomic E-state index is 13.4. The van der Waals surface area contributed by atoms with E-state index >= 15 is 0 Å². The second-order valence-corrected chi connectivity index (χ2v) is 9.53. The van der Waals surface area contributed by atoms with Crippen LogP contribution in [0.2, 0.25) is 0 Å². The van der Waals surface area contributed by atoms with Crippen molar-refractivity contribution in [2.45, 2.75) is 5.92 Å². The Bertz CT molecular complexity index is 2100. The van der Waals surface area contributed by atoms with Crippen molar-refractivity contribution in [1.29, 1.82) is 0 Å². The van der Waals surface area contributed by atoms with Crippen molar-refractivity contribution in [3.63, 3.8) is 0 Å². The van der Waals surface area contributed by atoms with E-state index in [1.807, 2.05) is 66.7 Å². The number of nitrogens with zero attached hydrogens (tertiary/aromatic N) is 5. The summed E-state index contributed by atoms with van der Waals surface area (Å²) in [5, 5.41) is 5.40. The van der Waals surface area contributed by atoms with E-state index in [1.165, 1.54) is 0 Å². The molecule has 0 fully saturated rings. The van der Waals surface area contributed by atoms with Gasteiger partial charge in [0, 0.05) is 11.8 Å². The van der Waals surface area contributed by atoms with E-state index in [1.54, 1.807) is 23.1 Å². The molecule has 1 unspecified atom stereocenters. The number of para-hydroxylation sites is 1. The van der Waals surface area contributed by atoms with Crippen LogP contribution in [0.5, 0.6) is 11.6 Å². The Morgan fingerprint density at radius 1 is 0.725 bits per heavy atom. The van der Waals surface area contributed by atoms with Gasteiger partial charge in [0.05, 0.1) is 28.1 Å². The van der Waals surface area contributed by atoms with E-state index in [4.69, 9.17) is 19.2 Å². The predicted octanol–water partition coefficient (Wildman–Crippen LogP) is 6.25. The zero-order valence-electron chi connectivity index (χ0n) is 20.9. The summed E-state index contributed by atoms with van der Waals surface area (Å²) >= 11 is 0. The quantitative estimate of drug-likeness (QED) is 0.254. The van der Waals surface area contributed by atoms with Gasteiger partial charge >= 0.3 is 5.63 Å². The Balaban J connectivity index is 1.32. The molecule has 1 atom stereocenters. The predicted molar refractivity (Wildman–Crippen MR) is 149 cm³/mol. The minimum absolute atomic E-state index is 0.352. The fourth-order valence-electron chi connectivity index (χ4n) is 5.34. The number of hydrogen-bond donors (Lipinski definition) is 0. The lowest BCUT2D eigenvalue weighted by atomic mass is 9.87. The van der Waals surface area contributed by atoms with Gasteiger partial charge < -0.3 is 9.15 Å². The second-order valence-electron chi connectivity index (χ2n) is 9.53. The van der Waals surface area contributed by atoms with Crippen LogP contribution in [0.15, 0.2) is 119 Å². The molecular formula is C32H19N5O3. The Morgan fingerprint density at radius 2 is 1.48 bits per heavy atom. The molecule has 0 bridgehead atoms. The molecule has 0 amide bonds. The van der Waals surface area contributed by atoms with Gasteiger partial charge in [0.15, 0.2) is 17.2 Å². The van der Waals surface area contributed by atoms with E-state index in [0.717, 1.165) is 16.7 Å².